The number of halogens is 1. The molecule has 0 saturated heterocycles. The summed E-state index contributed by atoms with van der Waals surface area (Å²) in [4.78, 5) is 3.34. The average Bonchev–Trinajstić information content (AvgIpc) is 2.74. The van der Waals surface area contributed by atoms with Crippen molar-refractivity contribution in [1.29, 1.82) is 0 Å². The highest BCUT2D eigenvalue weighted by Gasteiger charge is 2.30. The van der Waals surface area contributed by atoms with Crippen LogP contribution in [-0.2, 0) is 23.2 Å². The van der Waals surface area contributed by atoms with E-state index in [1.54, 1.807) is 14.1 Å². The lowest BCUT2D eigenvalue weighted by Crippen LogP contribution is -2.42. The van der Waals surface area contributed by atoms with Crippen LogP contribution in [0.5, 0.6) is 0 Å². The highest BCUT2D eigenvalue weighted by atomic mass is 35.5. The summed E-state index contributed by atoms with van der Waals surface area (Å²) < 4.78 is 27.2. The fraction of sp³-hybridized carbons (Fsp3) is 0.385. The molecule has 1 aliphatic heterocycles. The van der Waals surface area contributed by atoms with Gasteiger partial charge in [-0.3, -0.25) is 0 Å². The fourth-order valence-electron chi connectivity index (χ4n) is 2.60. The molecule has 0 unspecified atom stereocenters. The molecule has 0 radical (unpaired) electrons. The van der Waals surface area contributed by atoms with Crippen LogP contribution in [0.3, 0.4) is 0 Å². The summed E-state index contributed by atoms with van der Waals surface area (Å²) in [6.07, 6.45) is 0.689. The molecular weight excluding hydrogens is 298 g/mol. The lowest BCUT2D eigenvalue weighted by molar-refractivity contribution is 0.358. The maximum absolute atomic E-state index is 12.2. The molecule has 0 bridgehead atoms. The Morgan fingerprint density at radius 2 is 2.10 bits per heavy atom. The second kappa shape index (κ2) is 4.73. The highest BCUT2D eigenvalue weighted by Crippen LogP contribution is 2.30. The molecule has 1 aromatic heterocycles. The minimum absolute atomic E-state index is 0.400. The van der Waals surface area contributed by atoms with Crippen LogP contribution in [0.1, 0.15) is 11.3 Å². The van der Waals surface area contributed by atoms with E-state index in [9.17, 15) is 8.42 Å². The monoisotopic (exact) mass is 313 g/mol. The molecule has 1 aliphatic rings. The Labute approximate surface area is 123 Å². The van der Waals surface area contributed by atoms with E-state index < -0.39 is 10.2 Å². The van der Waals surface area contributed by atoms with E-state index in [0.29, 0.717) is 24.5 Å². The van der Waals surface area contributed by atoms with Gasteiger partial charge in [-0.15, -0.1) is 0 Å². The lowest BCUT2D eigenvalue weighted by Gasteiger charge is -2.28. The van der Waals surface area contributed by atoms with Crippen molar-refractivity contribution in [1.82, 2.24) is 13.6 Å². The second-order valence-corrected chi connectivity index (χ2v) is 7.72. The second-order valence-electron chi connectivity index (χ2n) is 5.15. The number of nitrogens with zero attached hydrogens (tertiary/aromatic N) is 2. The smallest absolute Gasteiger partial charge is 0.281 e. The number of fused-ring (bicyclic) bond motifs is 3. The van der Waals surface area contributed by atoms with Crippen LogP contribution in [0, 0.1) is 0 Å². The van der Waals surface area contributed by atoms with E-state index in [1.165, 1.54) is 8.61 Å². The van der Waals surface area contributed by atoms with Gasteiger partial charge in [0.05, 0.1) is 0 Å². The van der Waals surface area contributed by atoms with Gasteiger partial charge in [0.25, 0.3) is 10.2 Å². The van der Waals surface area contributed by atoms with Gasteiger partial charge >= 0.3 is 0 Å². The summed E-state index contributed by atoms with van der Waals surface area (Å²) in [6.45, 7) is 0.894. The SMILES string of the molecule is CN(C)S(=O)(=O)N1CCc2[nH]c3cc(Cl)ccc3c2C1. The molecule has 7 heteroatoms. The van der Waals surface area contributed by atoms with Crippen LogP contribution >= 0.6 is 11.6 Å². The van der Waals surface area contributed by atoms with E-state index in [1.807, 2.05) is 18.2 Å². The minimum atomic E-state index is -3.37. The number of nitrogens with one attached hydrogen (secondary N) is 1. The first kappa shape index (κ1) is 13.9. The lowest BCUT2D eigenvalue weighted by atomic mass is 10.1. The predicted octanol–water partition coefficient (Wildman–Crippen LogP) is 1.99. The summed E-state index contributed by atoms with van der Waals surface area (Å²) in [5.74, 6) is 0. The summed E-state index contributed by atoms with van der Waals surface area (Å²) in [5.41, 5.74) is 3.12. The molecule has 0 saturated carbocycles. The van der Waals surface area contributed by atoms with Gasteiger partial charge in [-0.05, 0) is 17.7 Å². The maximum atomic E-state index is 12.2. The van der Waals surface area contributed by atoms with Crippen LogP contribution in [0.2, 0.25) is 5.02 Å². The molecule has 0 atom stereocenters. The van der Waals surface area contributed by atoms with Gasteiger partial charge in [0.15, 0.2) is 0 Å². The highest BCUT2D eigenvalue weighted by molar-refractivity contribution is 7.86. The molecular formula is C13H16ClN3O2S. The van der Waals surface area contributed by atoms with Gasteiger partial charge < -0.3 is 4.98 Å². The molecule has 2 heterocycles. The van der Waals surface area contributed by atoms with Crippen molar-refractivity contribution >= 4 is 32.7 Å². The topological polar surface area (TPSA) is 56.4 Å². The molecule has 3 rings (SSSR count). The number of H-pyrrole nitrogens is 1. The Hall–Kier alpha value is -1.08. The van der Waals surface area contributed by atoms with Crippen LogP contribution in [0.15, 0.2) is 18.2 Å². The zero-order valence-electron chi connectivity index (χ0n) is 11.4. The summed E-state index contributed by atoms with van der Waals surface area (Å²) in [7, 11) is -0.260. The van der Waals surface area contributed by atoms with E-state index in [4.69, 9.17) is 11.6 Å². The van der Waals surface area contributed by atoms with Crippen LogP contribution in [0.25, 0.3) is 10.9 Å². The van der Waals surface area contributed by atoms with Gasteiger partial charge in [0.2, 0.25) is 0 Å². The van der Waals surface area contributed by atoms with Crippen molar-refractivity contribution < 1.29 is 8.42 Å². The Kier molecular flexibility index (Phi) is 3.29. The standard InChI is InChI=1S/C13H16ClN3O2S/c1-16(2)20(18,19)17-6-5-12-11(8-17)10-4-3-9(14)7-13(10)15-12/h3-4,7,15H,5-6,8H2,1-2H3. The summed E-state index contributed by atoms with van der Waals surface area (Å²) >= 11 is 5.99. The number of hydrogen-bond acceptors (Lipinski definition) is 2. The van der Waals surface area contributed by atoms with Crippen molar-refractivity contribution in [2.75, 3.05) is 20.6 Å². The first-order valence-electron chi connectivity index (χ1n) is 6.36. The largest absolute Gasteiger partial charge is 0.358 e. The Bertz CT molecular complexity index is 767. The zero-order chi connectivity index (χ0) is 14.5. The summed E-state index contributed by atoms with van der Waals surface area (Å²) in [6, 6.07) is 5.65. The Morgan fingerprint density at radius 1 is 1.35 bits per heavy atom. The molecule has 0 amide bonds. The van der Waals surface area contributed by atoms with E-state index >= 15 is 0 Å². The molecule has 0 spiro atoms. The van der Waals surface area contributed by atoms with Crippen molar-refractivity contribution in [3.8, 4) is 0 Å². The van der Waals surface area contributed by atoms with Gasteiger partial charge in [-0.25, -0.2) is 0 Å². The third-order valence-corrected chi connectivity index (χ3v) is 5.81. The molecule has 5 nitrogen and oxygen atoms in total. The average molecular weight is 314 g/mol. The van der Waals surface area contributed by atoms with Gasteiger partial charge in [0, 0.05) is 55.2 Å². The van der Waals surface area contributed by atoms with E-state index in [-0.39, 0.29) is 0 Å². The molecule has 0 aliphatic carbocycles. The molecule has 2 aromatic rings. The van der Waals surface area contributed by atoms with Crippen molar-refractivity contribution in [3.63, 3.8) is 0 Å². The number of hydrogen-bond donors (Lipinski definition) is 1. The van der Waals surface area contributed by atoms with Gasteiger partial charge in [0.1, 0.15) is 0 Å². The van der Waals surface area contributed by atoms with Crippen molar-refractivity contribution in [2.45, 2.75) is 13.0 Å². The van der Waals surface area contributed by atoms with Gasteiger partial charge in [-0.2, -0.15) is 17.0 Å². The quantitative estimate of drug-likeness (QED) is 0.922. The van der Waals surface area contributed by atoms with Crippen molar-refractivity contribution in [2.24, 2.45) is 0 Å². The number of aromatic nitrogens is 1. The maximum Gasteiger partial charge on any atom is 0.281 e. The molecule has 1 N–H and O–H groups in total. The van der Waals surface area contributed by atoms with Gasteiger partial charge in [-0.1, -0.05) is 17.7 Å². The third kappa shape index (κ3) is 2.13. The first-order valence-corrected chi connectivity index (χ1v) is 8.13. The molecule has 108 valence electrons. The molecule has 1 aromatic carbocycles. The van der Waals surface area contributed by atoms with Crippen LogP contribution in [-0.4, -0.2) is 42.7 Å². The third-order valence-electron chi connectivity index (χ3n) is 3.69. The minimum Gasteiger partial charge on any atom is -0.358 e. The Morgan fingerprint density at radius 3 is 2.80 bits per heavy atom. The van der Waals surface area contributed by atoms with Crippen molar-refractivity contribution in [3.05, 3.63) is 34.5 Å². The molecule has 0 fully saturated rings. The predicted molar refractivity (Wildman–Crippen MR) is 80.0 cm³/mol. The Balaban J connectivity index is 2.05. The van der Waals surface area contributed by atoms with Crippen LogP contribution < -0.4 is 0 Å². The number of rotatable bonds is 2. The van der Waals surface area contributed by atoms with E-state index in [2.05, 4.69) is 4.98 Å². The fourth-order valence-corrected chi connectivity index (χ4v) is 3.85. The zero-order valence-corrected chi connectivity index (χ0v) is 12.9. The first-order chi connectivity index (χ1) is 9.39. The van der Waals surface area contributed by atoms with E-state index in [0.717, 1.165) is 22.2 Å². The normalized spacial score (nSPS) is 16.8. The number of benzene rings is 1. The summed E-state index contributed by atoms with van der Waals surface area (Å²) in [5, 5.41) is 1.72. The number of aromatic amines is 1. The van der Waals surface area contributed by atoms with Crippen LogP contribution in [0.4, 0.5) is 0 Å². The molecule has 20 heavy (non-hydrogen) atoms.